The molecule has 4 heteroatoms. The van der Waals surface area contributed by atoms with Crippen molar-refractivity contribution < 1.29 is 4.74 Å². The van der Waals surface area contributed by atoms with Crippen LogP contribution in [-0.4, -0.2) is 16.5 Å². The molecule has 0 amide bonds. The van der Waals surface area contributed by atoms with E-state index in [2.05, 4.69) is 4.98 Å². The van der Waals surface area contributed by atoms with Gasteiger partial charge in [0.05, 0.1) is 6.61 Å². The van der Waals surface area contributed by atoms with Crippen LogP contribution in [0.4, 0.5) is 5.82 Å². The minimum Gasteiger partial charge on any atom is -0.383 e. The van der Waals surface area contributed by atoms with Crippen molar-refractivity contribution in [3.63, 3.8) is 0 Å². The third kappa shape index (κ3) is 2.14. The number of benzene rings is 1. The number of anilines is 1. The minimum absolute atomic E-state index is 0.611. The summed E-state index contributed by atoms with van der Waals surface area (Å²) >= 11 is 0. The molecule has 0 aliphatic heterocycles. The molecule has 0 radical (unpaired) electrons. The van der Waals surface area contributed by atoms with E-state index >= 15 is 0 Å². The van der Waals surface area contributed by atoms with Gasteiger partial charge in [-0.2, -0.15) is 0 Å². The summed E-state index contributed by atoms with van der Waals surface area (Å²) in [5.41, 5.74) is 11.2. The first-order valence-electron chi connectivity index (χ1n) is 6.51. The number of imidazole rings is 1. The van der Waals surface area contributed by atoms with Crippen molar-refractivity contribution >= 4 is 11.5 Å². The highest BCUT2D eigenvalue weighted by Gasteiger charge is 2.11. The summed E-state index contributed by atoms with van der Waals surface area (Å²) < 4.78 is 7.04. The van der Waals surface area contributed by atoms with Gasteiger partial charge < -0.3 is 10.5 Å². The number of pyridine rings is 1. The van der Waals surface area contributed by atoms with Gasteiger partial charge in [0.15, 0.2) is 0 Å². The number of ether oxygens (including phenoxy) is 1. The second-order valence-corrected chi connectivity index (χ2v) is 4.91. The Hall–Kier alpha value is -2.33. The van der Waals surface area contributed by atoms with Crippen molar-refractivity contribution in [3.8, 4) is 11.3 Å². The van der Waals surface area contributed by atoms with Crippen molar-refractivity contribution in [2.75, 3.05) is 12.8 Å². The Morgan fingerprint density at radius 3 is 2.60 bits per heavy atom. The lowest BCUT2D eigenvalue weighted by atomic mass is 10.1. The number of nitrogens with two attached hydrogens (primary N) is 1. The Bertz CT molecular complexity index is 744. The van der Waals surface area contributed by atoms with Crippen LogP contribution in [0.2, 0.25) is 0 Å². The fourth-order valence-electron chi connectivity index (χ4n) is 2.31. The zero-order valence-corrected chi connectivity index (χ0v) is 11.6. The zero-order valence-electron chi connectivity index (χ0n) is 11.6. The average Bonchev–Trinajstić information content (AvgIpc) is 2.77. The van der Waals surface area contributed by atoms with Crippen LogP contribution in [0.15, 0.2) is 42.6 Å². The summed E-state index contributed by atoms with van der Waals surface area (Å²) in [6.45, 7) is 2.65. The predicted octanol–water partition coefficient (Wildman–Crippen LogP) is 3.04. The van der Waals surface area contributed by atoms with Crippen molar-refractivity contribution in [1.82, 2.24) is 9.38 Å². The summed E-state index contributed by atoms with van der Waals surface area (Å²) in [6.07, 6.45) is 2.00. The van der Waals surface area contributed by atoms with Gasteiger partial charge in [-0.3, -0.25) is 4.40 Å². The molecule has 0 atom stereocenters. The normalized spacial score (nSPS) is 11.1. The number of nitrogen functional groups attached to an aromatic ring is 1. The van der Waals surface area contributed by atoms with Gasteiger partial charge in [0.1, 0.15) is 17.2 Å². The topological polar surface area (TPSA) is 52.5 Å². The Balaban J connectivity index is 2.07. The molecule has 0 bridgehead atoms. The van der Waals surface area contributed by atoms with Crippen LogP contribution >= 0.6 is 0 Å². The molecule has 2 heterocycles. The minimum atomic E-state index is 0.611. The molecule has 2 aromatic heterocycles. The number of rotatable bonds is 3. The SMILES string of the molecule is COCc1ccc(-c2nc3ccc(C)cn3c2N)cc1. The maximum atomic E-state index is 6.21. The molecule has 4 nitrogen and oxygen atoms in total. The maximum absolute atomic E-state index is 6.21. The van der Waals surface area contributed by atoms with Crippen LogP contribution in [0.3, 0.4) is 0 Å². The van der Waals surface area contributed by atoms with Crippen molar-refractivity contribution in [2.24, 2.45) is 0 Å². The van der Waals surface area contributed by atoms with E-state index < -0.39 is 0 Å². The fourth-order valence-corrected chi connectivity index (χ4v) is 2.31. The van der Waals surface area contributed by atoms with E-state index in [-0.39, 0.29) is 0 Å². The van der Waals surface area contributed by atoms with Gasteiger partial charge >= 0.3 is 0 Å². The van der Waals surface area contributed by atoms with Crippen LogP contribution in [0, 0.1) is 6.92 Å². The van der Waals surface area contributed by atoms with Crippen LogP contribution in [-0.2, 0) is 11.3 Å². The number of fused-ring (bicyclic) bond motifs is 1. The second kappa shape index (κ2) is 4.98. The van der Waals surface area contributed by atoms with Crippen LogP contribution < -0.4 is 5.73 Å². The van der Waals surface area contributed by atoms with E-state index in [1.807, 2.05) is 53.9 Å². The number of methoxy groups -OCH3 is 1. The van der Waals surface area contributed by atoms with E-state index in [0.29, 0.717) is 12.4 Å². The molecule has 0 unspecified atom stereocenters. The molecule has 20 heavy (non-hydrogen) atoms. The zero-order chi connectivity index (χ0) is 14.1. The summed E-state index contributed by atoms with van der Waals surface area (Å²) in [5.74, 6) is 0.670. The van der Waals surface area contributed by atoms with Crippen molar-refractivity contribution in [2.45, 2.75) is 13.5 Å². The number of hydrogen-bond donors (Lipinski definition) is 1. The van der Waals surface area contributed by atoms with Crippen molar-refractivity contribution in [1.29, 1.82) is 0 Å². The molecule has 0 spiro atoms. The van der Waals surface area contributed by atoms with Crippen LogP contribution in [0.25, 0.3) is 16.9 Å². The molecule has 0 aliphatic carbocycles. The molecule has 3 aromatic rings. The molecule has 0 fully saturated rings. The number of aromatic nitrogens is 2. The molecule has 3 rings (SSSR count). The Kier molecular flexibility index (Phi) is 3.16. The highest BCUT2D eigenvalue weighted by atomic mass is 16.5. The monoisotopic (exact) mass is 267 g/mol. The predicted molar refractivity (Wildman–Crippen MR) is 80.5 cm³/mol. The van der Waals surface area contributed by atoms with Gasteiger partial charge in [-0.05, 0) is 24.1 Å². The van der Waals surface area contributed by atoms with Gasteiger partial charge in [0, 0.05) is 18.9 Å². The molecule has 102 valence electrons. The maximum Gasteiger partial charge on any atom is 0.139 e. The summed E-state index contributed by atoms with van der Waals surface area (Å²) in [6, 6.07) is 12.1. The third-order valence-electron chi connectivity index (χ3n) is 3.34. The molecule has 0 saturated heterocycles. The van der Waals surface area contributed by atoms with Gasteiger partial charge in [-0.25, -0.2) is 4.98 Å². The second-order valence-electron chi connectivity index (χ2n) is 4.91. The smallest absolute Gasteiger partial charge is 0.139 e. The van der Waals surface area contributed by atoms with E-state index in [0.717, 1.165) is 28.0 Å². The first kappa shape index (κ1) is 12.7. The summed E-state index contributed by atoms with van der Waals surface area (Å²) in [4.78, 5) is 4.61. The molecule has 0 saturated carbocycles. The van der Waals surface area contributed by atoms with E-state index in [1.54, 1.807) is 7.11 Å². The molecule has 2 N–H and O–H groups in total. The van der Waals surface area contributed by atoms with Gasteiger partial charge in [0.2, 0.25) is 0 Å². The Labute approximate surface area is 117 Å². The number of nitrogens with zero attached hydrogens (tertiary/aromatic N) is 2. The third-order valence-corrected chi connectivity index (χ3v) is 3.34. The average molecular weight is 267 g/mol. The molecular formula is C16H17N3O. The number of aryl methyl sites for hydroxylation is 1. The molecule has 1 aromatic carbocycles. The highest BCUT2D eigenvalue weighted by Crippen LogP contribution is 2.27. The van der Waals surface area contributed by atoms with Crippen LogP contribution in [0.1, 0.15) is 11.1 Å². The van der Waals surface area contributed by atoms with Crippen molar-refractivity contribution in [3.05, 3.63) is 53.7 Å². The quantitative estimate of drug-likeness (QED) is 0.793. The van der Waals surface area contributed by atoms with E-state index in [9.17, 15) is 0 Å². The Morgan fingerprint density at radius 1 is 1.15 bits per heavy atom. The standard InChI is InChI=1S/C16H17N3O/c1-11-3-8-14-18-15(16(17)19(14)9-11)13-6-4-12(5-7-13)10-20-2/h3-9H,10,17H2,1-2H3. The number of hydrogen-bond acceptors (Lipinski definition) is 3. The summed E-state index contributed by atoms with van der Waals surface area (Å²) in [5, 5.41) is 0. The van der Waals surface area contributed by atoms with E-state index in [4.69, 9.17) is 10.5 Å². The first-order valence-corrected chi connectivity index (χ1v) is 6.51. The van der Waals surface area contributed by atoms with Gasteiger partial charge in [-0.15, -0.1) is 0 Å². The highest BCUT2D eigenvalue weighted by molar-refractivity contribution is 5.75. The molecule has 0 aliphatic rings. The largest absolute Gasteiger partial charge is 0.383 e. The lowest BCUT2D eigenvalue weighted by Gasteiger charge is -2.02. The summed E-state index contributed by atoms with van der Waals surface area (Å²) in [7, 11) is 1.69. The lowest BCUT2D eigenvalue weighted by molar-refractivity contribution is 0.185. The van der Waals surface area contributed by atoms with E-state index in [1.165, 1.54) is 0 Å². The van der Waals surface area contributed by atoms with Gasteiger partial charge in [-0.1, -0.05) is 30.3 Å². The Morgan fingerprint density at radius 2 is 1.90 bits per heavy atom. The van der Waals surface area contributed by atoms with Crippen LogP contribution in [0.5, 0.6) is 0 Å². The molecular weight excluding hydrogens is 250 g/mol. The first-order chi connectivity index (χ1) is 9.69. The fraction of sp³-hybridized carbons (Fsp3) is 0.188. The lowest BCUT2D eigenvalue weighted by Crippen LogP contribution is -1.94. The van der Waals surface area contributed by atoms with Gasteiger partial charge in [0.25, 0.3) is 0 Å².